The molecule has 4 rings (SSSR count). The highest BCUT2D eigenvalue weighted by molar-refractivity contribution is 6.01. The van der Waals surface area contributed by atoms with E-state index in [1.165, 1.54) is 4.90 Å². The molecule has 0 aliphatic carbocycles. The van der Waals surface area contributed by atoms with Crippen LogP contribution >= 0.6 is 0 Å². The summed E-state index contributed by atoms with van der Waals surface area (Å²) in [5.41, 5.74) is 3.72. The lowest BCUT2D eigenvalue weighted by Crippen LogP contribution is -2.49. The molecule has 1 saturated heterocycles. The molecule has 1 aliphatic rings. The third-order valence-corrected chi connectivity index (χ3v) is 5.49. The van der Waals surface area contributed by atoms with Crippen molar-refractivity contribution >= 4 is 17.7 Å². The van der Waals surface area contributed by atoms with Crippen molar-refractivity contribution in [1.82, 2.24) is 15.5 Å². The average Bonchev–Trinajstić information content (AvgIpc) is 2.87. The second-order valence-electron chi connectivity index (χ2n) is 7.66. The minimum absolute atomic E-state index is 0.0605. The molecule has 0 bridgehead atoms. The lowest BCUT2D eigenvalue weighted by molar-refractivity contribution is -0.123. The number of rotatable bonds is 5. The molecule has 0 atom stereocenters. The van der Waals surface area contributed by atoms with Crippen LogP contribution < -0.4 is 10.6 Å². The van der Waals surface area contributed by atoms with E-state index in [1.54, 1.807) is 48.5 Å². The van der Waals surface area contributed by atoms with Crippen LogP contribution in [-0.2, 0) is 11.3 Å². The third kappa shape index (κ3) is 4.91. The predicted octanol–water partition coefficient (Wildman–Crippen LogP) is 2.73. The lowest BCUT2D eigenvalue weighted by atomic mass is 9.95. The molecule has 1 fully saturated rings. The highest BCUT2D eigenvalue weighted by Crippen LogP contribution is 2.26. The number of nitrogens with zero attached hydrogens (tertiary/aromatic N) is 2. The zero-order valence-corrected chi connectivity index (χ0v) is 17.9. The van der Waals surface area contributed by atoms with E-state index in [1.807, 2.05) is 24.3 Å². The van der Waals surface area contributed by atoms with Crippen molar-refractivity contribution in [2.24, 2.45) is 0 Å². The van der Waals surface area contributed by atoms with Gasteiger partial charge in [0, 0.05) is 36.3 Å². The van der Waals surface area contributed by atoms with E-state index in [9.17, 15) is 19.6 Å². The first-order chi connectivity index (χ1) is 16.1. The molecule has 3 aromatic rings. The first kappa shape index (κ1) is 21.8. The minimum atomic E-state index is -0.252. The molecule has 33 heavy (non-hydrogen) atoms. The molecular formula is C26H22N4O3. The number of piperazine rings is 1. The summed E-state index contributed by atoms with van der Waals surface area (Å²) in [6.45, 7) is 1.28. The molecule has 0 radical (unpaired) electrons. The molecule has 2 N–H and O–H groups in total. The standard InChI is InChI=1S/C26H22N4O3/c27-15-20-5-1-2-6-21(20)22-7-3-4-8-23(22)25(32)29-16-18-9-11-19(12-10-18)26(33)30-14-13-28-24(31)17-30/h1-12H,13-14,16-17H2,(H,28,31)(H,29,32). The monoisotopic (exact) mass is 438 g/mol. The highest BCUT2D eigenvalue weighted by atomic mass is 16.2. The fourth-order valence-electron chi connectivity index (χ4n) is 3.77. The fraction of sp³-hybridized carbons (Fsp3) is 0.154. The number of amides is 3. The SMILES string of the molecule is N#Cc1ccccc1-c1ccccc1C(=O)NCc1ccc(C(=O)N2CCNC(=O)C2)cc1. The van der Waals surface area contributed by atoms with Crippen LogP contribution in [0.15, 0.2) is 72.8 Å². The zero-order chi connectivity index (χ0) is 23.2. The summed E-state index contributed by atoms with van der Waals surface area (Å²) in [7, 11) is 0. The minimum Gasteiger partial charge on any atom is -0.353 e. The largest absolute Gasteiger partial charge is 0.353 e. The van der Waals surface area contributed by atoms with Crippen molar-refractivity contribution in [3.8, 4) is 17.2 Å². The number of nitriles is 1. The number of benzene rings is 3. The van der Waals surface area contributed by atoms with Gasteiger partial charge in [-0.2, -0.15) is 5.26 Å². The normalized spacial score (nSPS) is 13.1. The molecule has 0 unspecified atom stereocenters. The summed E-state index contributed by atoms with van der Waals surface area (Å²) in [4.78, 5) is 38.6. The van der Waals surface area contributed by atoms with Crippen LogP contribution in [0.1, 0.15) is 31.8 Å². The number of hydrogen-bond donors (Lipinski definition) is 2. The van der Waals surface area contributed by atoms with Crippen LogP contribution in [0, 0.1) is 11.3 Å². The van der Waals surface area contributed by atoms with Crippen LogP contribution in [0.2, 0.25) is 0 Å². The maximum absolute atomic E-state index is 12.9. The van der Waals surface area contributed by atoms with Gasteiger partial charge in [-0.05, 0) is 35.4 Å². The Bertz CT molecular complexity index is 1240. The van der Waals surface area contributed by atoms with E-state index in [2.05, 4.69) is 16.7 Å². The van der Waals surface area contributed by atoms with E-state index < -0.39 is 0 Å². The molecule has 0 aromatic heterocycles. The topological polar surface area (TPSA) is 102 Å². The molecule has 7 nitrogen and oxygen atoms in total. The molecule has 7 heteroatoms. The smallest absolute Gasteiger partial charge is 0.254 e. The first-order valence-corrected chi connectivity index (χ1v) is 10.6. The number of hydrogen-bond acceptors (Lipinski definition) is 4. The summed E-state index contributed by atoms with van der Waals surface area (Å²) in [5, 5.41) is 15.0. The fourth-order valence-corrected chi connectivity index (χ4v) is 3.77. The zero-order valence-electron chi connectivity index (χ0n) is 17.9. The van der Waals surface area contributed by atoms with Gasteiger partial charge in [0.15, 0.2) is 0 Å². The molecular weight excluding hydrogens is 416 g/mol. The molecule has 3 aromatic carbocycles. The van der Waals surface area contributed by atoms with Gasteiger partial charge >= 0.3 is 0 Å². The molecule has 0 spiro atoms. The number of carbonyl (C=O) groups excluding carboxylic acids is 3. The Hall–Kier alpha value is -4.44. The summed E-state index contributed by atoms with van der Waals surface area (Å²) in [5.74, 6) is -0.602. The Balaban J connectivity index is 1.44. The van der Waals surface area contributed by atoms with Crippen molar-refractivity contribution in [2.75, 3.05) is 19.6 Å². The van der Waals surface area contributed by atoms with Gasteiger partial charge in [-0.1, -0.05) is 48.5 Å². The van der Waals surface area contributed by atoms with Crippen LogP contribution in [0.25, 0.3) is 11.1 Å². The summed E-state index contributed by atoms with van der Waals surface area (Å²) in [6.07, 6.45) is 0. The summed E-state index contributed by atoms with van der Waals surface area (Å²) in [6, 6.07) is 23.5. The van der Waals surface area contributed by atoms with Crippen molar-refractivity contribution in [1.29, 1.82) is 5.26 Å². The maximum atomic E-state index is 12.9. The third-order valence-electron chi connectivity index (χ3n) is 5.49. The van der Waals surface area contributed by atoms with Gasteiger partial charge in [0.2, 0.25) is 5.91 Å². The molecule has 1 heterocycles. The second-order valence-corrected chi connectivity index (χ2v) is 7.66. The van der Waals surface area contributed by atoms with Gasteiger partial charge in [-0.25, -0.2) is 0 Å². The van der Waals surface area contributed by atoms with E-state index in [4.69, 9.17) is 0 Å². The molecule has 1 aliphatic heterocycles. The van der Waals surface area contributed by atoms with Crippen molar-refractivity contribution in [3.05, 3.63) is 95.1 Å². The van der Waals surface area contributed by atoms with Crippen molar-refractivity contribution in [2.45, 2.75) is 6.54 Å². The Kier molecular flexibility index (Phi) is 6.46. The van der Waals surface area contributed by atoms with Gasteiger partial charge in [0.25, 0.3) is 11.8 Å². The van der Waals surface area contributed by atoms with Gasteiger partial charge in [-0.15, -0.1) is 0 Å². The average molecular weight is 438 g/mol. The first-order valence-electron chi connectivity index (χ1n) is 10.6. The predicted molar refractivity (Wildman–Crippen MR) is 123 cm³/mol. The highest BCUT2D eigenvalue weighted by Gasteiger charge is 2.22. The van der Waals surface area contributed by atoms with Crippen LogP contribution in [-0.4, -0.2) is 42.3 Å². The second kappa shape index (κ2) is 9.79. The Morgan fingerprint density at radius 3 is 2.39 bits per heavy atom. The Morgan fingerprint density at radius 1 is 0.970 bits per heavy atom. The molecule has 0 saturated carbocycles. The number of nitrogens with one attached hydrogen (secondary N) is 2. The van der Waals surface area contributed by atoms with E-state index >= 15 is 0 Å². The summed E-state index contributed by atoms with van der Waals surface area (Å²) >= 11 is 0. The lowest BCUT2D eigenvalue weighted by Gasteiger charge is -2.26. The molecule has 164 valence electrons. The molecule has 3 amide bonds. The van der Waals surface area contributed by atoms with Crippen LogP contribution in [0.4, 0.5) is 0 Å². The van der Waals surface area contributed by atoms with Crippen molar-refractivity contribution < 1.29 is 14.4 Å². The van der Waals surface area contributed by atoms with Gasteiger partial charge in [0.1, 0.15) is 0 Å². The van der Waals surface area contributed by atoms with E-state index in [-0.39, 0.29) is 30.8 Å². The van der Waals surface area contributed by atoms with E-state index in [0.717, 1.165) is 5.56 Å². The van der Waals surface area contributed by atoms with Crippen molar-refractivity contribution in [3.63, 3.8) is 0 Å². The van der Waals surface area contributed by atoms with Crippen LogP contribution in [0.3, 0.4) is 0 Å². The Labute approximate surface area is 191 Å². The van der Waals surface area contributed by atoms with E-state index in [0.29, 0.717) is 40.9 Å². The van der Waals surface area contributed by atoms with Gasteiger partial charge in [-0.3, -0.25) is 14.4 Å². The maximum Gasteiger partial charge on any atom is 0.254 e. The van der Waals surface area contributed by atoms with Crippen LogP contribution in [0.5, 0.6) is 0 Å². The quantitative estimate of drug-likeness (QED) is 0.639. The van der Waals surface area contributed by atoms with Gasteiger partial charge in [0.05, 0.1) is 18.2 Å². The number of carbonyl (C=O) groups is 3. The van der Waals surface area contributed by atoms with Gasteiger partial charge < -0.3 is 15.5 Å². The summed E-state index contributed by atoms with van der Waals surface area (Å²) < 4.78 is 0. The Morgan fingerprint density at radius 2 is 1.67 bits per heavy atom.